The lowest BCUT2D eigenvalue weighted by Gasteiger charge is -2.06. The summed E-state index contributed by atoms with van der Waals surface area (Å²) in [4.78, 5) is 12.3. The van der Waals surface area contributed by atoms with Gasteiger partial charge in [0.1, 0.15) is 11.6 Å². The number of furan rings is 1. The molecule has 26 heavy (non-hydrogen) atoms. The van der Waals surface area contributed by atoms with E-state index in [-0.39, 0.29) is 5.76 Å². The van der Waals surface area contributed by atoms with Crippen LogP contribution in [0.25, 0.3) is 11.3 Å². The number of rotatable bonds is 6. The highest BCUT2D eigenvalue weighted by Gasteiger charge is 2.14. The number of nitrogens with one attached hydrogen (secondary N) is 2. The van der Waals surface area contributed by atoms with Gasteiger partial charge in [0.25, 0.3) is 5.91 Å². The van der Waals surface area contributed by atoms with Crippen molar-refractivity contribution in [1.29, 1.82) is 5.41 Å². The molecule has 1 amide bonds. The second-order valence-corrected chi connectivity index (χ2v) is 5.90. The van der Waals surface area contributed by atoms with Crippen molar-refractivity contribution in [3.05, 3.63) is 77.8 Å². The highest BCUT2D eigenvalue weighted by atomic mass is 19.1. The maximum atomic E-state index is 13.8. The second kappa shape index (κ2) is 7.78. The number of anilines is 1. The van der Waals surface area contributed by atoms with Crippen LogP contribution in [0.3, 0.4) is 0 Å². The molecule has 4 nitrogen and oxygen atoms in total. The Hall–Kier alpha value is -3.21. The maximum absolute atomic E-state index is 13.8. The molecular formula is C21H19FN2O2. The average Bonchev–Trinajstić information content (AvgIpc) is 3.13. The van der Waals surface area contributed by atoms with Crippen LogP contribution in [0.15, 0.2) is 65.1 Å². The van der Waals surface area contributed by atoms with Gasteiger partial charge in [0.2, 0.25) is 0 Å². The first-order valence-corrected chi connectivity index (χ1v) is 8.42. The van der Waals surface area contributed by atoms with E-state index < -0.39 is 11.7 Å². The van der Waals surface area contributed by atoms with Crippen molar-refractivity contribution in [1.82, 2.24) is 0 Å². The van der Waals surface area contributed by atoms with Gasteiger partial charge in [0.05, 0.1) is 5.56 Å². The van der Waals surface area contributed by atoms with Gasteiger partial charge in [-0.05, 0) is 48.4 Å². The SMILES string of the molecule is CCCC(=N)c1ccc(NC(=O)c2ccc(-c3ccccc3F)o2)cc1. The predicted molar refractivity (Wildman–Crippen MR) is 100 cm³/mol. The Morgan fingerprint density at radius 3 is 2.50 bits per heavy atom. The molecule has 0 atom stereocenters. The van der Waals surface area contributed by atoms with Crippen LogP contribution in [0.5, 0.6) is 0 Å². The number of carbonyl (C=O) groups is 1. The summed E-state index contributed by atoms with van der Waals surface area (Å²) in [6.07, 6.45) is 1.64. The molecule has 0 unspecified atom stereocenters. The summed E-state index contributed by atoms with van der Waals surface area (Å²) in [5.74, 6) is -0.412. The summed E-state index contributed by atoms with van der Waals surface area (Å²) in [5, 5.41) is 10.7. The molecule has 5 heteroatoms. The zero-order valence-electron chi connectivity index (χ0n) is 14.4. The number of benzene rings is 2. The Morgan fingerprint density at radius 1 is 1.08 bits per heavy atom. The first kappa shape index (κ1) is 17.6. The van der Waals surface area contributed by atoms with E-state index in [0.717, 1.165) is 18.4 Å². The quantitative estimate of drug-likeness (QED) is 0.576. The molecule has 132 valence electrons. The third kappa shape index (κ3) is 3.88. The monoisotopic (exact) mass is 350 g/mol. The summed E-state index contributed by atoms with van der Waals surface area (Å²) in [6.45, 7) is 2.03. The number of hydrogen-bond acceptors (Lipinski definition) is 3. The lowest BCUT2D eigenvalue weighted by atomic mass is 10.1. The second-order valence-electron chi connectivity index (χ2n) is 5.90. The van der Waals surface area contributed by atoms with Crippen molar-refractivity contribution in [3.63, 3.8) is 0 Å². The summed E-state index contributed by atoms with van der Waals surface area (Å²) in [5.41, 5.74) is 2.33. The van der Waals surface area contributed by atoms with Crippen LogP contribution in [0.4, 0.5) is 10.1 Å². The van der Waals surface area contributed by atoms with E-state index in [9.17, 15) is 9.18 Å². The summed E-state index contributed by atoms with van der Waals surface area (Å²) in [6, 6.07) is 16.4. The molecule has 0 fully saturated rings. The molecule has 1 heterocycles. The number of halogens is 1. The van der Waals surface area contributed by atoms with Gasteiger partial charge in [-0.3, -0.25) is 4.79 Å². The van der Waals surface area contributed by atoms with Gasteiger partial charge in [-0.15, -0.1) is 0 Å². The predicted octanol–water partition coefficient (Wildman–Crippen LogP) is 5.51. The van der Waals surface area contributed by atoms with Crippen LogP contribution in [0.1, 0.15) is 35.9 Å². The van der Waals surface area contributed by atoms with Gasteiger partial charge in [-0.2, -0.15) is 0 Å². The van der Waals surface area contributed by atoms with Crippen molar-refractivity contribution in [2.75, 3.05) is 5.32 Å². The molecule has 1 aromatic heterocycles. The molecule has 0 saturated carbocycles. The van der Waals surface area contributed by atoms with E-state index in [4.69, 9.17) is 9.83 Å². The van der Waals surface area contributed by atoms with Crippen LogP contribution < -0.4 is 5.32 Å². The Balaban J connectivity index is 1.71. The van der Waals surface area contributed by atoms with Gasteiger partial charge in [0.15, 0.2) is 5.76 Å². The largest absolute Gasteiger partial charge is 0.451 e. The molecular weight excluding hydrogens is 331 g/mol. The van der Waals surface area contributed by atoms with Crippen molar-refractivity contribution in [3.8, 4) is 11.3 Å². The highest BCUT2D eigenvalue weighted by Crippen LogP contribution is 2.25. The Morgan fingerprint density at radius 2 is 1.81 bits per heavy atom. The Kier molecular flexibility index (Phi) is 5.27. The van der Waals surface area contributed by atoms with E-state index in [1.54, 1.807) is 48.5 Å². The summed E-state index contributed by atoms with van der Waals surface area (Å²) < 4.78 is 19.3. The van der Waals surface area contributed by atoms with Crippen LogP contribution in [-0.2, 0) is 0 Å². The van der Waals surface area contributed by atoms with Crippen molar-refractivity contribution >= 4 is 17.3 Å². The molecule has 0 spiro atoms. The topological polar surface area (TPSA) is 66.1 Å². The van der Waals surface area contributed by atoms with Gasteiger partial charge in [0, 0.05) is 11.4 Å². The van der Waals surface area contributed by atoms with Crippen LogP contribution in [-0.4, -0.2) is 11.6 Å². The minimum atomic E-state index is -0.413. The van der Waals surface area contributed by atoms with Crippen molar-refractivity contribution in [2.24, 2.45) is 0 Å². The fourth-order valence-corrected chi connectivity index (χ4v) is 2.61. The smallest absolute Gasteiger partial charge is 0.291 e. The Bertz CT molecular complexity index is 929. The summed E-state index contributed by atoms with van der Waals surface area (Å²) in [7, 11) is 0. The van der Waals surface area contributed by atoms with E-state index in [2.05, 4.69) is 5.32 Å². The molecule has 3 aromatic rings. The third-order valence-corrected chi connectivity index (χ3v) is 3.96. The first-order valence-electron chi connectivity index (χ1n) is 8.42. The molecule has 2 N–H and O–H groups in total. The number of amides is 1. The minimum Gasteiger partial charge on any atom is -0.451 e. The van der Waals surface area contributed by atoms with Gasteiger partial charge < -0.3 is 15.1 Å². The molecule has 0 radical (unpaired) electrons. The maximum Gasteiger partial charge on any atom is 0.291 e. The van der Waals surface area contributed by atoms with Crippen LogP contribution in [0, 0.1) is 11.2 Å². The van der Waals surface area contributed by atoms with E-state index >= 15 is 0 Å². The van der Waals surface area contributed by atoms with Crippen molar-refractivity contribution in [2.45, 2.75) is 19.8 Å². The molecule has 2 aromatic carbocycles. The molecule has 0 aliphatic rings. The van der Waals surface area contributed by atoms with Gasteiger partial charge >= 0.3 is 0 Å². The van der Waals surface area contributed by atoms with Crippen LogP contribution >= 0.6 is 0 Å². The molecule has 0 aliphatic heterocycles. The van der Waals surface area contributed by atoms with E-state index in [1.165, 1.54) is 12.1 Å². The normalized spacial score (nSPS) is 10.5. The third-order valence-electron chi connectivity index (χ3n) is 3.96. The number of carbonyl (C=O) groups excluding carboxylic acids is 1. The lowest BCUT2D eigenvalue weighted by molar-refractivity contribution is 0.0997. The highest BCUT2D eigenvalue weighted by molar-refractivity contribution is 6.03. The zero-order chi connectivity index (χ0) is 18.5. The van der Waals surface area contributed by atoms with Crippen LogP contribution in [0.2, 0.25) is 0 Å². The molecule has 3 rings (SSSR count). The fourth-order valence-electron chi connectivity index (χ4n) is 2.61. The van der Waals surface area contributed by atoms with E-state index in [0.29, 0.717) is 22.7 Å². The fraction of sp³-hybridized carbons (Fsp3) is 0.143. The molecule has 0 saturated heterocycles. The first-order chi connectivity index (χ1) is 12.6. The molecule has 0 aliphatic carbocycles. The van der Waals surface area contributed by atoms with Gasteiger partial charge in [-0.1, -0.05) is 37.6 Å². The molecule has 0 bridgehead atoms. The standard InChI is InChI=1S/C21H19FN2O2/c1-2-5-18(23)14-8-10-15(11-9-14)24-21(25)20-13-12-19(26-20)16-6-3-4-7-17(16)22/h3-4,6-13,23H,2,5H2,1H3,(H,24,25). The lowest BCUT2D eigenvalue weighted by Crippen LogP contribution is -2.11. The average molecular weight is 350 g/mol. The summed E-state index contributed by atoms with van der Waals surface area (Å²) >= 11 is 0. The Labute approximate surface area is 151 Å². The van der Waals surface area contributed by atoms with Crippen molar-refractivity contribution < 1.29 is 13.6 Å². The zero-order valence-corrected chi connectivity index (χ0v) is 14.4. The van der Waals surface area contributed by atoms with E-state index in [1.807, 2.05) is 6.92 Å². The minimum absolute atomic E-state index is 0.103. The van der Waals surface area contributed by atoms with Gasteiger partial charge in [-0.25, -0.2) is 4.39 Å². The number of hydrogen-bond donors (Lipinski definition) is 2.